The number of piperidine rings is 2. The van der Waals surface area contributed by atoms with E-state index in [1.807, 2.05) is 34.1 Å². The Balaban J connectivity index is 1.54. The molecule has 0 atom stereocenters. The van der Waals surface area contributed by atoms with E-state index in [0.717, 1.165) is 44.3 Å². The molecule has 24 heavy (non-hydrogen) atoms. The molecule has 2 aliphatic rings. The van der Waals surface area contributed by atoms with Crippen LogP contribution in [0.5, 0.6) is 0 Å². The highest BCUT2D eigenvalue weighted by Gasteiger charge is 2.30. The predicted molar refractivity (Wildman–Crippen MR) is 95.6 cm³/mol. The Bertz CT molecular complexity index is 595. The minimum absolute atomic E-state index is 0.0643. The van der Waals surface area contributed by atoms with E-state index in [-0.39, 0.29) is 11.8 Å². The molecule has 0 aliphatic carbocycles. The number of carbonyl (C=O) groups excluding carboxylic acids is 2. The van der Waals surface area contributed by atoms with Crippen molar-refractivity contribution < 1.29 is 9.59 Å². The second kappa shape index (κ2) is 7.65. The van der Waals surface area contributed by atoms with Crippen molar-refractivity contribution in [2.24, 2.45) is 5.92 Å². The lowest BCUT2D eigenvalue weighted by atomic mass is 9.94. The van der Waals surface area contributed by atoms with E-state index in [0.29, 0.717) is 24.6 Å². The highest BCUT2D eigenvalue weighted by Crippen LogP contribution is 2.23. The molecule has 0 spiro atoms. The lowest BCUT2D eigenvalue weighted by Crippen LogP contribution is -2.45. The molecule has 0 radical (unpaired) electrons. The van der Waals surface area contributed by atoms with Crippen LogP contribution < -0.4 is 0 Å². The molecule has 0 unspecified atom stereocenters. The van der Waals surface area contributed by atoms with Crippen LogP contribution in [0.2, 0.25) is 0 Å². The number of benzene rings is 1. The molecule has 0 N–H and O–H groups in total. The van der Waals surface area contributed by atoms with E-state index in [1.54, 1.807) is 6.08 Å². The number of rotatable bonds is 3. The molecule has 128 valence electrons. The van der Waals surface area contributed by atoms with Gasteiger partial charge in [-0.15, -0.1) is 0 Å². The average Bonchev–Trinajstić information content (AvgIpc) is 2.68. The number of hydrogen-bond acceptors (Lipinski definition) is 2. The predicted octanol–water partition coefficient (Wildman–Crippen LogP) is 3.19. The number of amides is 2. The van der Waals surface area contributed by atoms with Crippen LogP contribution >= 0.6 is 0 Å². The van der Waals surface area contributed by atoms with E-state index in [2.05, 4.69) is 6.58 Å². The van der Waals surface area contributed by atoms with Crippen LogP contribution in [0, 0.1) is 5.92 Å². The van der Waals surface area contributed by atoms with Crippen LogP contribution in [-0.4, -0.2) is 47.8 Å². The van der Waals surface area contributed by atoms with Crippen LogP contribution in [0.25, 0.3) is 6.08 Å². The van der Waals surface area contributed by atoms with Gasteiger partial charge in [0.05, 0.1) is 0 Å². The topological polar surface area (TPSA) is 40.6 Å². The highest BCUT2D eigenvalue weighted by atomic mass is 16.2. The standard InChI is InChI=1S/C20H26N2O2/c1-2-16-6-8-17(9-7-16)19(23)22-14-10-18(11-15-22)20(24)21-12-4-3-5-13-21/h2,6-9,18H,1,3-5,10-15H2. The van der Waals surface area contributed by atoms with Crippen LogP contribution in [0.15, 0.2) is 30.8 Å². The summed E-state index contributed by atoms with van der Waals surface area (Å²) >= 11 is 0. The highest BCUT2D eigenvalue weighted by molar-refractivity contribution is 5.94. The average molecular weight is 326 g/mol. The summed E-state index contributed by atoms with van der Waals surface area (Å²) in [5.41, 5.74) is 1.72. The quantitative estimate of drug-likeness (QED) is 0.856. The summed E-state index contributed by atoms with van der Waals surface area (Å²) in [6.07, 6.45) is 6.83. The zero-order valence-corrected chi connectivity index (χ0v) is 14.2. The van der Waals surface area contributed by atoms with E-state index < -0.39 is 0 Å². The van der Waals surface area contributed by atoms with Crippen LogP contribution in [-0.2, 0) is 4.79 Å². The van der Waals surface area contributed by atoms with Gasteiger partial charge in [0.15, 0.2) is 0 Å². The minimum atomic E-state index is 0.0643. The molecule has 1 aromatic carbocycles. The fourth-order valence-electron chi connectivity index (χ4n) is 3.65. The number of likely N-dealkylation sites (tertiary alicyclic amines) is 2. The van der Waals surface area contributed by atoms with Crippen molar-refractivity contribution in [3.05, 3.63) is 42.0 Å². The van der Waals surface area contributed by atoms with Gasteiger partial charge in [-0.1, -0.05) is 24.8 Å². The number of nitrogens with zero attached hydrogens (tertiary/aromatic N) is 2. The van der Waals surface area contributed by atoms with Gasteiger partial charge in [0, 0.05) is 37.7 Å². The lowest BCUT2D eigenvalue weighted by molar-refractivity contribution is -0.137. The largest absolute Gasteiger partial charge is 0.342 e. The smallest absolute Gasteiger partial charge is 0.253 e. The molecular formula is C20H26N2O2. The third-order valence-corrected chi connectivity index (χ3v) is 5.19. The number of hydrogen-bond donors (Lipinski definition) is 0. The Labute approximate surface area is 144 Å². The molecule has 4 heteroatoms. The summed E-state index contributed by atoms with van der Waals surface area (Å²) in [4.78, 5) is 29.1. The number of carbonyl (C=O) groups is 2. The molecule has 0 saturated carbocycles. The van der Waals surface area contributed by atoms with Crippen molar-refractivity contribution in [3.8, 4) is 0 Å². The van der Waals surface area contributed by atoms with Crippen molar-refractivity contribution >= 4 is 17.9 Å². The molecule has 0 bridgehead atoms. The fourth-order valence-corrected chi connectivity index (χ4v) is 3.65. The van der Waals surface area contributed by atoms with Crippen LogP contribution in [0.4, 0.5) is 0 Å². The van der Waals surface area contributed by atoms with Gasteiger partial charge < -0.3 is 9.80 Å². The van der Waals surface area contributed by atoms with E-state index >= 15 is 0 Å². The van der Waals surface area contributed by atoms with Gasteiger partial charge in [-0.2, -0.15) is 0 Å². The van der Waals surface area contributed by atoms with E-state index in [9.17, 15) is 9.59 Å². The maximum Gasteiger partial charge on any atom is 0.253 e. The normalized spacial score (nSPS) is 19.2. The third kappa shape index (κ3) is 3.69. The lowest BCUT2D eigenvalue weighted by Gasteiger charge is -2.35. The maximum absolute atomic E-state index is 12.6. The summed E-state index contributed by atoms with van der Waals surface area (Å²) in [6, 6.07) is 7.52. The molecule has 2 heterocycles. The Morgan fingerprint density at radius 2 is 1.54 bits per heavy atom. The third-order valence-electron chi connectivity index (χ3n) is 5.19. The van der Waals surface area contributed by atoms with Gasteiger partial charge in [-0.25, -0.2) is 0 Å². The molecular weight excluding hydrogens is 300 g/mol. The Hall–Kier alpha value is -2.10. The van der Waals surface area contributed by atoms with Crippen molar-refractivity contribution in [1.82, 2.24) is 9.80 Å². The first kappa shape index (κ1) is 16.7. The summed E-state index contributed by atoms with van der Waals surface area (Å²) in [5.74, 6) is 0.460. The second-order valence-corrected chi connectivity index (χ2v) is 6.78. The van der Waals surface area contributed by atoms with E-state index in [4.69, 9.17) is 0 Å². The maximum atomic E-state index is 12.6. The van der Waals surface area contributed by atoms with Gasteiger partial charge in [0.2, 0.25) is 5.91 Å². The van der Waals surface area contributed by atoms with Gasteiger partial charge >= 0.3 is 0 Å². The van der Waals surface area contributed by atoms with Crippen molar-refractivity contribution in [2.75, 3.05) is 26.2 Å². The van der Waals surface area contributed by atoms with Gasteiger partial charge in [0.1, 0.15) is 0 Å². The zero-order valence-electron chi connectivity index (χ0n) is 14.2. The summed E-state index contributed by atoms with van der Waals surface area (Å²) in [7, 11) is 0. The Morgan fingerprint density at radius 1 is 0.917 bits per heavy atom. The molecule has 2 saturated heterocycles. The van der Waals surface area contributed by atoms with Gasteiger partial charge in [-0.3, -0.25) is 9.59 Å². The Morgan fingerprint density at radius 3 is 2.12 bits per heavy atom. The molecule has 3 rings (SSSR count). The fraction of sp³-hybridized carbons (Fsp3) is 0.500. The van der Waals surface area contributed by atoms with Crippen molar-refractivity contribution in [3.63, 3.8) is 0 Å². The molecule has 2 fully saturated rings. The van der Waals surface area contributed by atoms with E-state index in [1.165, 1.54) is 6.42 Å². The van der Waals surface area contributed by atoms with Gasteiger partial charge in [0.25, 0.3) is 5.91 Å². The molecule has 1 aromatic rings. The monoisotopic (exact) mass is 326 g/mol. The molecule has 2 aliphatic heterocycles. The van der Waals surface area contributed by atoms with Crippen LogP contribution in [0.3, 0.4) is 0 Å². The molecule has 4 nitrogen and oxygen atoms in total. The summed E-state index contributed by atoms with van der Waals surface area (Å²) in [6.45, 7) is 6.89. The Kier molecular flexibility index (Phi) is 5.34. The summed E-state index contributed by atoms with van der Waals surface area (Å²) < 4.78 is 0. The second-order valence-electron chi connectivity index (χ2n) is 6.78. The minimum Gasteiger partial charge on any atom is -0.342 e. The first-order valence-electron chi connectivity index (χ1n) is 8.99. The first-order valence-corrected chi connectivity index (χ1v) is 8.99. The zero-order chi connectivity index (χ0) is 16.9. The van der Waals surface area contributed by atoms with Crippen molar-refractivity contribution in [2.45, 2.75) is 32.1 Å². The van der Waals surface area contributed by atoms with Crippen molar-refractivity contribution in [1.29, 1.82) is 0 Å². The van der Waals surface area contributed by atoms with Gasteiger partial charge in [-0.05, 0) is 49.8 Å². The molecule has 0 aromatic heterocycles. The summed E-state index contributed by atoms with van der Waals surface area (Å²) in [5, 5.41) is 0. The SMILES string of the molecule is C=Cc1ccc(C(=O)N2CCC(C(=O)N3CCCCC3)CC2)cc1. The molecule has 2 amide bonds. The first-order chi connectivity index (χ1) is 11.7. The van der Waals surface area contributed by atoms with Crippen LogP contribution in [0.1, 0.15) is 48.0 Å².